The maximum atomic E-state index is 6.50. The van der Waals surface area contributed by atoms with Gasteiger partial charge in [0, 0.05) is 0 Å². The SMILES string of the molecule is C/C(=C/B1OC(C)(C)C(C)(C)O1)C/C=C/C(C)(B1OC(C)(C)C(C)(C)O1)B1OC(C)(C)C(C)(C)O1. The molecule has 35 heavy (non-hydrogen) atoms. The molecule has 0 N–H and O–H groups in total. The van der Waals surface area contributed by atoms with Crippen LogP contribution in [0, 0.1) is 0 Å². The zero-order valence-corrected chi connectivity index (χ0v) is 24.6. The average Bonchev–Trinajstić information content (AvgIpc) is 3.09. The van der Waals surface area contributed by atoms with Gasteiger partial charge in [0.2, 0.25) is 0 Å². The van der Waals surface area contributed by atoms with Crippen LogP contribution in [0.5, 0.6) is 0 Å². The zero-order chi connectivity index (χ0) is 26.9. The summed E-state index contributed by atoms with van der Waals surface area (Å²) in [6.45, 7) is 29.0. The molecule has 0 aromatic rings. The third kappa shape index (κ3) is 5.24. The van der Waals surface area contributed by atoms with E-state index in [2.05, 4.69) is 115 Å². The van der Waals surface area contributed by atoms with Gasteiger partial charge in [-0.3, -0.25) is 0 Å². The molecule has 3 heterocycles. The van der Waals surface area contributed by atoms with Gasteiger partial charge in [0.25, 0.3) is 0 Å². The zero-order valence-electron chi connectivity index (χ0n) is 24.6. The van der Waals surface area contributed by atoms with Gasteiger partial charge >= 0.3 is 21.4 Å². The predicted molar refractivity (Wildman–Crippen MR) is 144 cm³/mol. The summed E-state index contributed by atoms with van der Waals surface area (Å²) in [5.74, 6) is 2.06. The van der Waals surface area contributed by atoms with E-state index < -0.39 is 41.9 Å². The van der Waals surface area contributed by atoms with E-state index in [1.807, 2.05) is 0 Å². The molecule has 0 amide bonds. The van der Waals surface area contributed by atoms with Crippen molar-refractivity contribution in [2.24, 2.45) is 0 Å². The molecule has 0 radical (unpaired) electrons. The first-order chi connectivity index (χ1) is 15.6. The predicted octanol–water partition coefficient (Wildman–Crippen LogP) is 5.99. The molecule has 3 aliphatic rings. The quantitative estimate of drug-likeness (QED) is 0.338. The number of hydrogen-bond acceptors (Lipinski definition) is 6. The monoisotopic (exact) mass is 488 g/mol. The van der Waals surface area contributed by atoms with Crippen molar-refractivity contribution < 1.29 is 27.9 Å². The van der Waals surface area contributed by atoms with Crippen LogP contribution in [0.25, 0.3) is 0 Å². The second-order valence-corrected chi connectivity index (χ2v) is 13.8. The van der Waals surface area contributed by atoms with Gasteiger partial charge in [-0.2, -0.15) is 0 Å². The molecule has 0 unspecified atom stereocenters. The Balaban J connectivity index is 1.83. The van der Waals surface area contributed by atoms with Crippen molar-refractivity contribution >= 4 is 21.4 Å². The van der Waals surface area contributed by atoms with Crippen LogP contribution in [0.3, 0.4) is 0 Å². The summed E-state index contributed by atoms with van der Waals surface area (Å²) >= 11 is 0. The minimum Gasteiger partial charge on any atom is -0.403 e. The first-order valence-electron chi connectivity index (χ1n) is 13.0. The van der Waals surface area contributed by atoms with Gasteiger partial charge in [-0.05, 0) is 96.4 Å². The molecular weight excluding hydrogens is 441 g/mol. The Morgan fingerprint density at radius 2 is 0.914 bits per heavy atom. The Kier molecular flexibility index (Phi) is 7.24. The van der Waals surface area contributed by atoms with E-state index in [0.717, 1.165) is 12.0 Å². The summed E-state index contributed by atoms with van der Waals surface area (Å²) in [5, 5.41) is -0.666. The summed E-state index contributed by atoms with van der Waals surface area (Å²) in [7, 11) is -1.40. The van der Waals surface area contributed by atoms with Crippen molar-refractivity contribution in [1.29, 1.82) is 0 Å². The van der Waals surface area contributed by atoms with Crippen LogP contribution < -0.4 is 0 Å². The molecule has 6 nitrogen and oxygen atoms in total. The molecule has 3 saturated heterocycles. The second kappa shape index (κ2) is 8.74. The smallest absolute Gasteiger partial charge is 0.403 e. The lowest BCUT2D eigenvalue weighted by molar-refractivity contribution is 0.00578. The highest BCUT2D eigenvalue weighted by atomic mass is 16.7. The maximum absolute atomic E-state index is 6.50. The fraction of sp³-hybridized carbons (Fsp3) is 0.846. The summed E-state index contributed by atoms with van der Waals surface area (Å²) in [6.07, 6.45) is 5.02. The standard InChI is InChI=1S/C26H47B3O6/c1-19(18-27-30-20(2,3)21(4,5)31-27)16-15-17-26(14,28-32-22(6,7)23(8,9)33-28)29-34-24(10,11)25(12,13)35-29/h15,17-18H,16H2,1-14H3/b17-15+,19-18-. The molecule has 0 aliphatic carbocycles. The van der Waals surface area contributed by atoms with Gasteiger partial charge in [0.15, 0.2) is 0 Å². The topological polar surface area (TPSA) is 55.4 Å². The number of hydrogen-bond donors (Lipinski definition) is 0. The van der Waals surface area contributed by atoms with E-state index in [-0.39, 0.29) is 18.3 Å². The van der Waals surface area contributed by atoms with E-state index in [1.54, 1.807) is 0 Å². The van der Waals surface area contributed by atoms with Crippen molar-refractivity contribution in [3.63, 3.8) is 0 Å². The summed E-state index contributed by atoms with van der Waals surface area (Å²) in [6, 6.07) is 0. The van der Waals surface area contributed by atoms with Gasteiger partial charge in [0.05, 0.1) is 38.8 Å². The molecule has 3 aliphatic heterocycles. The fourth-order valence-corrected chi connectivity index (χ4v) is 4.22. The molecule has 0 bridgehead atoms. The molecule has 9 heteroatoms. The third-order valence-electron chi connectivity index (χ3n) is 9.13. The van der Waals surface area contributed by atoms with E-state index >= 15 is 0 Å². The minimum absolute atomic E-state index is 0.351. The van der Waals surface area contributed by atoms with Crippen molar-refractivity contribution in [3.05, 3.63) is 23.7 Å². The van der Waals surface area contributed by atoms with Gasteiger partial charge in [-0.1, -0.05) is 30.6 Å². The van der Waals surface area contributed by atoms with Gasteiger partial charge in [0.1, 0.15) is 0 Å². The highest BCUT2D eigenvalue weighted by Crippen LogP contribution is 2.52. The molecule has 0 aromatic heterocycles. The summed E-state index contributed by atoms with van der Waals surface area (Å²) in [5.41, 5.74) is -1.37. The van der Waals surface area contributed by atoms with Crippen molar-refractivity contribution in [3.8, 4) is 0 Å². The molecule has 3 rings (SSSR count). The number of rotatable bonds is 6. The van der Waals surface area contributed by atoms with Crippen molar-refractivity contribution in [2.45, 2.75) is 142 Å². The Morgan fingerprint density at radius 1 is 0.600 bits per heavy atom. The van der Waals surface area contributed by atoms with Crippen molar-refractivity contribution in [1.82, 2.24) is 0 Å². The molecule has 0 atom stereocenters. The highest BCUT2D eigenvalue weighted by Gasteiger charge is 2.66. The summed E-state index contributed by atoms with van der Waals surface area (Å²) < 4.78 is 38.3. The van der Waals surface area contributed by atoms with Crippen LogP contribution in [0.15, 0.2) is 23.7 Å². The van der Waals surface area contributed by atoms with E-state index in [9.17, 15) is 0 Å². The maximum Gasteiger partial charge on any atom is 0.487 e. The second-order valence-electron chi connectivity index (χ2n) is 13.8. The van der Waals surface area contributed by atoms with Gasteiger partial charge in [-0.15, -0.1) is 0 Å². The molecule has 196 valence electrons. The van der Waals surface area contributed by atoms with E-state index in [1.165, 1.54) is 0 Å². The lowest BCUT2D eigenvalue weighted by atomic mass is 9.39. The first kappa shape index (κ1) is 29.0. The lowest BCUT2D eigenvalue weighted by Gasteiger charge is -2.32. The summed E-state index contributed by atoms with van der Waals surface area (Å²) in [4.78, 5) is 0. The van der Waals surface area contributed by atoms with Crippen LogP contribution >= 0.6 is 0 Å². The highest BCUT2D eigenvalue weighted by molar-refractivity contribution is 6.72. The molecule has 0 spiro atoms. The lowest BCUT2D eigenvalue weighted by Crippen LogP contribution is -2.46. The first-order valence-corrected chi connectivity index (χ1v) is 13.0. The van der Waals surface area contributed by atoms with E-state index in [4.69, 9.17) is 27.9 Å². The normalized spacial score (nSPS) is 29.0. The Morgan fingerprint density at radius 3 is 1.26 bits per heavy atom. The van der Waals surface area contributed by atoms with Crippen molar-refractivity contribution in [2.75, 3.05) is 0 Å². The van der Waals surface area contributed by atoms with E-state index in [0.29, 0.717) is 0 Å². The largest absolute Gasteiger partial charge is 0.487 e. The Labute approximate surface area is 215 Å². The van der Waals surface area contributed by atoms with Crippen LogP contribution in [0.2, 0.25) is 5.21 Å². The van der Waals surface area contributed by atoms with Crippen LogP contribution in [-0.4, -0.2) is 55.0 Å². The average molecular weight is 488 g/mol. The molecular formula is C26H47B3O6. The van der Waals surface area contributed by atoms with Gasteiger partial charge < -0.3 is 27.9 Å². The fourth-order valence-electron chi connectivity index (χ4n) is 4.22. The van der Waals surface area contributed by atoms with Crippen LogP contribution in [0.1, 0.15) is 103 Å². The molecule has 3 fully saturated rings. The Hall–Kier alpha value is -0.565. The number of allylic oxidation sites excluding steroid dienone is 3. The third-order valence-corrected chi connectivity index (χ3v) is 9.13. The molecule has 0 aromatic carbocycles. The molecule has 0 saturated carbocycles. The van der Waals surface area contributed by atoms with Crippen LogP contribution in [0.4, 0.5) is 0 Å². The minimum atomic E-state index is -0.666. The van der Waals surface area contributed by atoms with Crippen LogP contribution in [-0.2, 0) is 27.9 Å². The van der Waals surface area contributed by atoms with Gasteiger partial charge in [-0.25, -0.2) is 0 Å². The Bertz CT molecular complexity index is 790.